The van der Waals surface area contributed by atoms with Gasteiger partial charge in [0.15, 0.2) is 11.0 Å². The number of halogens is 1. The van der Waals surface area contributed by atoms with E-state index >= 15 is 0 Å². The zero-order valence-corrected chi connectivity index (χ0v) is 19.3. The third-order valence-corrected chi connectivity index (χ3v) is 5.98. The van der Waals surface area contributed by atoms with Gasteiger partial charge in [-0.1, -0.05) is 35.5 Å². The quantitative estimate of drug-likeness (QED) is 0.516. The minimum atomic E-state index is -0.362. The van der Waals surface area contributed by atoms with Crippen molar-refractivity contribution < 1.29 is 9.59 Å². The Labute approximate surface area is 190 Å². The van der Waals surface area contributed by atoms with Gasteiger partial charge >= 0.3 is 0 Å². The summed E-state index contributed by atoms with van der Waals surface area (Å²) in [6.07, 6.45) is 0. The largest absolute Gasteiger partial charge is 0.342 e. The zero-order valence-electron chi connectivity index (χ0n) is 17.8. The van der Waals surface area contributed by atoms with Gasteiger partial charge in [0.05, 0.1) is 11.8 Å². The van der Waals surface area contributed by atoms with Crippen LogP contribution in [0, 0.1) is 13.8 Å². The van der Waals surface area contributed by atoms with Crippen molar-refractivity contribution in [1.29, 1.82) is 0 Å². The first-order valence-electron chi connectivity index (χ1n) is 9.70. The van der Waals surface area contributed by atoms with Crippen molar-refractivity contribution in [2.45, 2.75) is 32.0 Å². The number of carbonyl (C=O) groups is 2. The van der Waals surface area contributed by atoms with Crippen LogP contribution in [-0.2, 0) is 11.8 Å². The molecule has 0 bridgehead atoms. The number of hydrogen-bond acceptors (Lipinski definition) is 5. The van der Waals surface area contributed by atoms with E-state index in [0.717, 1.165) is 16.8 Å². The number of nitrogens with zero attached hydrogens (tertiary/aromatic N) is 3. The minimum Gasteiger partial charge on any atom is -0.342 e. The number of aromatic nitrogens is 3. The molecule has 2 N–H and O–H groups in total. The Morgan fingerprint density at radius 1 is 1.13 bits per heavy atom. The second kappa shape index (κ2) is 9.98. The van der Waals surface area contributed by atoms with Gasteiger partial charge in [-0.2, -0.15) is 0 Å². The topological polar surface area (TPSA) is 88.9 Å². The molecular weight excluding hydrogens is 434 g/mol. The van der Waals surface area contributed by atoms with Gasteiger partial charge in [0.1, 0.15) is 0 Å². The monoisotopic (exact) mass is 457 g/mol. The molecule has 0 aliphatic rings. The van der Waals surface area contributed by atoms with Crippen molar-refractivity contribution in [3.05, 3.63) is 70.0 Å². The lowest BCUT2D eigenvalue weighted by molar-refractivity contribution is -0.113. The average molecular weight is 458 g/mol. The lowest BCUT2D eigenvalue weighted by Gasteiger charge is -2.14. The van der Waals surface area contributed by atoms with E-state index < -0.39 is 0 Å². The first-order valence-corrected chi connectivity index (χ1v) is 11.1. The molecule has 3 aromatic rings. The fourth-order valence-electron chi connectivity index (χ4n) is 2.96. The highest BCUT2D eigenvalue weighted by Crippen LogP contribution is 2.21. The third kappa shape index (κ3) is 5.86. The van der Waals surface area contributed by atoms with Gasteiger partial charge in [-0.15, -0.1) is 10.2 Å². The first kappa shape index (κ1) is 22.8. The summed E-state index contributed by atoms with van der Waals surface area (Å²) in [4.78, 5) is 24.8. The fraction of sp³-hybridized carbons (Fsp3) is 0.273. The lowest BCUT2D eigenvalue weighted by atomic mass is 10.1. The van der Waals surface area contributed by atoms with Crippen LogP contribution in [0.25, 0.3) is 0 Å². The fourth-order valence-corrected chi connectivity index (χ4v) is 3.81. The highest BCUT2D eigenvalue weighted by molar-refractivity contribution is 7.99. The van der Waals surface area contributed by atoms with Crippen molar-refractivity contribution in [2.24, 2.45) is 7.05 Å². The number of nitrogens with one attached hydrogen (secondary N) is 2. The highest BCUT2D eigenvalue weighted by atomic mass is 35.5. The number of anilines is 1. The summed E-state index contributed by atoms with van der Waals surface area (Å²) in [6.45, 7) is 5.77. The van der Waals surface area contributed by atoms with E-state index in [1.807, 2.05) is 46.0 Å². The summed E-state index contributed by atoms with van der Waals surface area (Å²) in [5.74, 6) is 0.451. The van der Waals surface area contributed by atoms with Crippen LogP contribution in [0.2, 0.25) is 5.02 Å². The smallest absolute Gasteiger partial charge is 0.251 e. The first-order chi connectivity index (χ1) is 14.7. The Bertz CT molecular complexity index is 1100. The number of benzene rings is 2. The van der Waals surface area contributed by atoms with E-state index in [-0.39, 0.29) is 23.6 Å². The van der Waals surface area contributed by atoms with E-state index in [0.29, 0.717) is 21.6 Å². The molecule has 2 aromatic carbocycles. The van der Waals surface area contributed by atoms with Crippen molar-refractivity contribution in [2.75, 3.05) is 11.1 Å². The number of hydrogen-bond donors (Lipinski definition) is 2. The summed E-state index contributed by atoms with van der Waals surface area (Å²) in [7, 11) is 1.81. The second-order valence-electron chi connectivity index (χ2n) is 7.26. The Morgan fingerprint density at radius 3 is 2.55 bits per heavy atom. The molecule has 0 fully saturated rings. The predicted molar refractivity (Wildman–Crippen MR) is 124 cm³/mol. The molecule has 0 aliphatic heterocycles. The van der Waals surface area contributed by atoms with Crippen molar-refractivity contribution in [3.63, 3.8) is 0 Å². The molecule has 0 unspecified atom stereocenters. The summed E-state index contributed by atoms with van der Waals surface area (Å²) >= 11 is 7.16. The molecule has 7 nitrogen and oxygen atoms in total. The zero-order chi connectivity index (χ0) is 22.5. The summed E-state index contributed by atoms with van der Waals surface area (Å²) in [5.41, 5.74) is 3.41. The number of aryl methyl sites for hydroxylation is 2. The van der Waals surface area contributed by atoms with Crippen LogP contribution >= 0.6 is 23.4 Å². The average Bonchev–Trinajstić information content (AvgIpc) is 3.10. The Balaban J connectivity index is 1.59. The molecule has 1 aromatic heterocycles. The van der Waals surface area contributed by atoms with E-state index in [2.05, 4.69) is 20.8 Å². The molecule has 1 heterocycles. The van der Waals surface area contributed by atoms with Gasteiger partial charge in [-0.3, -0.25) is 9.59 Å². The van der Waals surface area contributed by atoms with Gasteiger partial charge in [0, 0.05) is 23.3 Å². The van der Waals surface area contributed by atoms with Crippen molar-refractivity contribution in [1.82, 2.24) is 20.1 Å². The normalized spacial score (nSPS) is 11.8. The van der Waals surface area contributed by atoms with Crippen molar-refractivity contribution in [3.8, 4) is 0 Å². The molecule has 9 heteroatoms. The molecule has 3 rings (SSSR count). The number of carbonyl (C=O) groups excluding carboxylic acids is 2. The van der Waals surface area contributed by atoms with E-state index in [9.17, 15) is 9.59 Å². The maximum Gasteiger partial charge on any atom is 0.251 e. The Kier molecular flexibility index (Phi) is 7.35. The molecule has 0 aliphatic carbocycles. The third-order valence-electron chi connectivity index (χ3n) is 4.71. The second-order valence-corrected chi connectivity index (χ2v) is 8.64. The number of amides is 2. The molecule has 0 saturated heterocycles. The standard InChI is InChI=1S/C22H24ClN5O2S/c1-13-5-6-14(2)18(11-13)25-19(29)12-31-22-27-26-20(28(22)4)15(3)24-21(30)16-7-9-17(23)10-8-16/h5-11,15H,12H2,1-4H3,(H,24,30)(H,25,29)/t15-/m1/s1. The van der Waals surface area contributed by atoms with Crippen LogP contribution in [0.15, 0.2) is 47.6 Å². The Morgan fingerprint density at radius 2 is 1.84 bits per heavy atom. The van der Waals surface area contributed by atoms with Crippen LogP contribution in [0.1, 0.15) is 40.3 Å². The van der Waals surface area contributed by atoms with Crippen molar-refractivity contribution >= 4 is 40.9 Å². The van der Waals surface area contributed by atoms with Crippen LogP contribution in [0.5, 0.6) is 0 Å². The van der Waals surface area contributed by atoms with E-state index in [1.54, 1.807) is 28.8 Å². The summed E-state index contributed by atoms with van der Waals surface area (Å²) in [5, 5.41) is 15.4. The van der Waals surface area contributed by atoms with Gasteiger partial charge < -0.3 is 15.2 Å². The SMILES string of the molecule is Cc1ccc(C)c(NC(=O)CSc2nnc([C@@H](C)NC(=O)c3ccc(Cl)cc3)n2C)c1. The molecule has 162 valence electrons. The molecule has 0 spiro atoms. The number of thioether (sulfide) groups is 1. The predicted octanol–water partition coefficient (Wildman–Crippen LogP) is 4.31. The van der Waals surface area contributed by atoms with E-state index in [1.165, 1.54) is 11.8 Å². The van der Waals surface area contributed by atoms with E-state index in [4.69, 9.17) is 11.6 Å². The van der Waals surface area contributed by atoms with Gasteiger partial charge in [-0.05, 0) is 62.2 Å². The van der Waals surface area contributed by atoms with Crippen LogP contribution in [-0.4, -0.2) is 32.3 Å². The molecular formula is C22H24ClN5O2S. The molecule has 0 saturated carbocycles. The lowest BCUT2D eigenvalue weighted by Crippen LogP contribution is -2.28. The van der Waals surface area contributed by atoms with Crippen LogP contribution in [0.4, 0.5) is 5.69 Å². The highest BCUT2D eigenvalue weighted by Gasteiger charge is 2.19. The summed E-state index contributed by atoms with van der Waals surface area (Å²) in [6, 6.07) is 12.2. The molecule has 0 radical (unpaired) electrons. The van der Waals surface area contributed by atoms with Crippen LogP contribution in [0.3, 0.4) is 0 Å². The maximum atomic E-state index is 12.4. The molecule has 31 heavy (non-hydrogen) atoms. The Hall–Kier alpha value is -2.84. The minimum absolute atomic E-state index is 0.118. The van der Waals surface area contributed by atoms with Gasteiger partial charge in [0.25, 0.3) is 5.91 Å². The molecule has 1 atom stereocenters. The molecule has 2 amide bonds. The van der Waals surface area contributed by atoms with Gasteiger partial charge in [0.2, 0.25) is 5.91 Å². The van der Waals surface area contributed by atoms with Gasteiger partial charge in [-0.25, -0.2) is 0 Å². The summed E-state index contributed by atoms with van der Waals surface area (Å²) < 4.78 is 1.78. The maximum absolute atomic E-state index is 12.4. The van der Waals surface area contributed by atoms with Crippen LogP contribution < -0.4 is 10.6 Å². The number of rotatable bonds is 7.